The normalized spacial score (nSPS) is 10.7. The van der Waals surface area contributed by atoms with Crippen molar-refractivity contribution in [3.8, 4) is 5.95 Å². The van der Waals surface area contributed by atoms with Gasteiger partial charge in [-0.25, -0.2) is 14.6 Å². The Kier molecular flexibility index (Phi) is 3.46. The number of furan rings is 1. The van der Waals surface area contributed by atoms with Gasteiger partial charge in [0.1, 0.15) is 0 Å². The molecule has 112 valence electrons. The third kappa shape index (κ3) is 2.48. The van der Waals surface area contributed by atoms with Crippen molar-refractivity contribution in [1.29, 1.82) is 0 Å². The van der Waals surface area contributed by atoms with Crippen molar-refractivity contribution < 1.29 is 9.21 Å². The van der Waals surface area contributed by atoms with Crippen LogP contribution in [0, 0.1) is 20.8 Å². The third-order valence-electron chi connectivity index (χ3n) is 3.48. The van der Waals surface area contributed by atoms with Gasteiger partial charge in [0.15, 0.2) is 5.76 Å². The highest BCUT2D eigenvalue weighted by Crippen LogP contribution is 2.15. The number of nitrogens with one attached hydrogen (secondary N) is 1. The van der Waals surface area contributed by atoms with E-state index in [9.17, 15) is 4.79 Å². The number of rotatable bonds is 3. The van der Waals surface area contributed by atoms with Crippen LogP contribution in [0.2, 0.25) is 0 Å². The van der Waals surface area contributed by atoms with E-state index in [1.165, 1.54) is 18.7 Å². The topological polar surface area (TPSA) is 85.8 Å². The van der Waals surface area contributed by atoms with E-state index in [1.807, 2.05) is 20.8 Å². The summed E-state index contributed by atoms with van der Waals surface area (Å²) < 4.78 is 6.71. The number of hydrogen-bond donors (Lipinski definition) is 1. The lowest BCUT2D eigenvalue weighted by Crippen LogP contribution is -2.12. The molecule has 7 nitrogen and oxygen atoms in total. The maximum atomic E-state index is 11.9. The van der Waals surface area contributed by atoms with Gasteiger partial charge < -0.3 is 9.73 Å². The second-order valence-corrected chi connectivity index (χ2v) is 4.91. The van der Waals surface area contributed by atoms with E-state index in [0.29, 0.717) is 11.6 Å². The monoisotopic (exact) mass is 297 g/mol. The zero-order valence-corrected chi connectivity index (χ0v) is 12.5. The van der Waals surface area contributed by atoms with Gasteiger partial charge in [-0.2, -0.15) is 5.10 Å². The van der Waals surface area contributed by atoms with Crippen molar-refractivity contribution in [1.82, 2.24) is 19.7 Å². The summed E-state index contributed by atoms with van der Waals surface area (Å²) >= 11 is 0. The summed E-state index contributed by atoms with van der Waals surface area (Å²) in [7, 11) is 0. The molecule has 0 aromatic carbocycles. The number of aromatic nitrogens is 4. The summed E-state index contributed by atoms with van der Waals surface area (Å²) in [5.74, 6) is 0.353. The van der Waals surface area contributed by atoms with E-state index < -0.39 is 0 Å². The van der Waals surface area contributed by atoms with E-state index in [2.05, 4.69) is 20.4 Å². The Labute approximate surface area is 127 Å². The highest BCUT2D eigenvalue weighted by molar-refractivity contribution is 6.01. The minimum atomic E-state index is -0.344. The number of carbonyl (C=O) groups excluding carboxylic acids is 1. The molecule has 0 saturated carbocycles. The molecule has 1 N–H and O–H groups in total. The predicted molar refractivity (Wildman–Crippen MR) is 80.0 cm³/mol. The zero-order chi connectivity index (χ0) is 15.7. The molecule has 3 aromatic rings. The van der Waals surface area contributed by atoms with Gasteiger partial charge in [0, 0.05) is 5.69 Å². The fourth-order valence-corrected chi connectivity index (χ4v) is 2.01. The van der Waals surface area contributed by atoms with E-state index >= 15 is 0 Å². The molecule has 0 aliphatic carbocycles. The Hall–Kier alpha value is -2.96. The number of carbonyl (C=O) groups is 1. The number of nitrogens with zero attached hydrogens (tertiary/aromatic N) is 4. The summed E-state index contributed by atoms with van der Waals surface area (Å²) in [6.45, 7) is 5.91. The van der Waals surface area contributed by atoms with Crippen LogP contribution in [-0.4, -0.2) is 25.7 Å². The van der Waals surface area contributed by atoms with Crippen molar-refractivity contribution in [3.05, 3.63) is 53.5 Å². The standard InChI is InChI=1S/C15H15N5O2/c1-9-10(2)19-20(11(9)3)15-16-7-12(8-17-15)18-14(21)13-5-4-6-22-13/h4-8H,1-3H3,(H,18,21). The molecule has 7 heteroatoms. The number of anilines is 1. The quantitative estimate of drug-likeness (QED) is 0.802. The van der Waals surface area contributed by atoms with Crippen LogP contribution < -0.4 is 5.32 Å². The summed E-state index contributed by atoms with van der Waals surface area (Å²) in [4.78, 5) is 20.3. The van der Waals surface area contributed by atoms with Crippen LogP contribution in [0.25, 0.3) is 5.95 Å². The van der Waals surface area contributed by atoms with E-state index in [-0.39, 0.29) is 11.7 Å². The van der Waals surface area contributed by atoms with Crippen molar-refractivity contribution in [2.24, 2.45) is 0 Å². The second-order valence-electron chi connectivity index (χ2n) is 4.91. The Morgan fingerprint density at radius 3 is 2.50 bits per heavy atom. The Morgan fingerprint density at radius 1 is 1.23 bits per heavy atom. The molecule has 3 rings (SSSR count). The first-order valence-electron chi connectivity index (χ1n) is 6.76. The van der Waals surface area contributed by atoms with Gasteiger partial charge in [-0.1, -0.05) is 0 Å². The molecule has 0 saturated heterocycles. The Balaban J connectivity index is 1.81. The van der Waals surface area contributed by atoms with Crippen molar-refractivity contribution in [2.45, 2.75) is 20.8 Å². The van der Waals surface area contributed by atoms with E-state index in [4.69, 9.17) is 4.42 Å². The van der Waals surface area contributed by atoms with Crippen LogP contribution in [0.1, 0.15) is 27.5 Å². The average Bonchev–Trinajstić information content (AvgIpc) is 3.13. The lowest BCUT2D eigenvalue weighted by molar-refractivity contribution is 0.0996. The first-order valence-corrected chi connectivity index (χ1v) is 6.76. The van der Waals surface area contributed by atoms with Gasteiger partial charge in [-0.3, -0.25) is 4.79 Å². The maximum absolute atomic E-state index is 11.9. The lowest BCUT2D eigenvalue weighted by atomic mass is 10.2. The fourth-order valence-electron chi connectivity index (χ4n) is 2.01. The Bertz CT molecular complexity index is 803. The molecule has 0 fully saturated rings. The number of amides is 1. The molecule has 0 unspecified atom stereocenters. The molecule has 3 aromatic heterocycles. The molecule has 3 heterocycles. The minimum Gasteiger partial charge on any atom is -0.459 e. The molecule has 0 radical (unpaired) electrons. The van der Waals surface area contributed by atoms with Crippen LogP contribution in [0.3, 0.4) is 0 Å². The maximum Gasteiger partial charge on any atom is 0.291 e. The molecule has 0 aliphatic rings. The highest BCUT2D eigenvalue weighted by Gasteiger charge is 2.12. The first-order chi connectivity index (χ1) is 10.6. The SMILES string of the molecule is Cc1nn(-c2ncc(NC(=O)c3ccco3)cn2)c(C)c1C. The van der Waals surface area contributed by atoms with Crippen LogP contribution >= 0.6 is 0 Å². The molecular weight excluding hydrogens is 282 g/mol. The third-order valence-corrected chi connectivity index (χ3v) is 3.48. The molecular formula is C15H15N5O2. The van der Waals surface area contributed by atoms with Gasteiger partial charge in [-0.15, -0.1) is 0 Å². The molecule has 0 aliphatic heterocycles. The molecule has 22 heavy (non-hydrogen) atoms. The summed E-state index contributed by atoms with van der Waals surface area (Å²) in [6, 6.07) is 3.24. The zero-order valence-electron chi connectivity index (χ0n) is 12.5. The van der Waals surface area contributed by atoms with Gasteiger partial charge in [0.2, 0.25) is 0 Å². The lowest BCUT2D eigenvalue weighted by Gasteiger charge is -2.05. The van der Waals surface area contributed by atoms with Gasteiger partial charge in [0.05, 0.1) is 30.0 Å². The Morgan fingerprint density at radius 2 is 1.95 bits per heavy atom. The average molecular weight is 297 g/mol. The van der Waals surface area contributed by atoms with Gasteiger partial charge >= 0.3 is 0 Å². The molecule has 0 spiro atoms. The van der Waals surface area contributed by atoms with E-state index in [0.717, 1.165) is 17.0 Å². The van der Waals surface area contributed by atoms with Gasteiger partial charge in [-0.05, 0) is 38.5 Å². The largest absolute Gasteiger partial charge is 0.459 e. The van der Waals surface area contributed by atoms with Crippen LogP contribution in [0.15, 0.2) is 35.2 Å². The van der Waals surface area contributed by atoms with Crippen molar-refractivity contribution in [3.63, 3.8) is 0 Å². The smallest absolute Gasteiger partial charge is 0.291 e. The highest BCUT2D eigenvalue weighted by atomic mass is 16.3. The van der Waals surface area contributed by atoms with Crippen LogP contribution in [0.5, 0.6) is 0 Å². The summed E-state index contributed by atoms with van der Waals surface area (Å²) in [5.41, 5.74) is 3.53. The van der Waals surface area contributed by atoms with Crippen molar-refractivity contribution in [2.75, 3.05) is 5.32 Å². The number of aryl methyl sites for hydroxylation is 1. The van der Waals surface area contributed by atoms with Gasteiger partial charge in [0.25, 0.3) is 11.9 Å². The fraction of sp³-hybridized carbons (Fsp3) is 0.200. The van der Waals surface area contributed by atoms with Crippen LogP contribution in [-0.2, 0) is 0 Å². The second kappa shape index (κ2) is 5.44. The molecule has 1 amide bonds. The van der Waals surface area contributed by atoms with Crippen molar-refractivity contribution >= 4 is 11.6 Å². The minimum absolute atomic E-state index is 0.234. The van der Waals surface area contributed by atoms with E-state index in [1.54, 1.807) is 16.8 Å². The number of hydrogen-bond acceptors (Lipinski definition) is 5. The predicted octanol–water partition coefficient (Wildman–Crippen LogP) is 2.43. The molecule has 0 bridgehead atoms. The summed E-state index contributed by atoms with van der Waals surface area (Å²) in [6.07, 6.45) is 4.52. The molecule has 0 atom stereocenters. The first kappa shape index (κ1) is 14.0. The summed E-state index contributed by atoms with van der Waals surface area (Å²) in [5, 5.41) is 7.07. The van der Waals surface area contributed by atoms with Crippen LogP contribution in [0.4, 0.5) is 5.69 Å².